The van der Waals surface area contributed by atoms with E-state index in [-0.39, 0.29) is 6.10 Å². The molecule has 1 heterocycles. The molecule has 0 amide bonds. The summed E-state index contributed by atoms with van der Waals surface area (Å²) in [4.78, 5) is 2.34. The van der Waals surface area contributed by atoms with Gasteiger partial charge in [-0.15, -0.1) is 0 Å². The first-order chi connectivity index (χ1) is 8.99. The van der Waals surface area contributed by atoms with Gasteiger partial charge in [0.2, 0.25) is 0 Å². The van der Waals surface area contributed by atoms with Crippen LogP contribution in [-0.4, -0.2) is 29.4 Å². The Balaban J connectivity index is 2.06. The van der Waals surface area contributed by atoms with Gasteiger partial charge in [-0.1, -0.05) is 22.0 Å². The van der Waals surface area contributed by atoms with Gasteiger partial charge in [0.05, 0.1) is 12.2 Å². The molecule has 0 radical (unpaired) electrons. The maximum atomic E-state index is 9.63. The van der Waals surface area contributed by atoms with Gasteiger partial charge in [0.1, 0.15) is 0 Å². The van der Waals surface area contributed by atoms with Gasteiger partial charge < -0.3 is 15.1 Å². The van der Waals surface area contributed by atoms with E-state index in [4.69, 9.17) is 0 Å². The Morgan fingerprint density at radius 2 is 1.84 bits per heavy atom. The Morgan fingerprint density at radius 1 is 1.21 bits per heavy atom. The number of aliphatic hydroxyl groups is 2. The Labute approximate surface area is 123 Å². The Hall–Kier alpha value is -0.580. The molecular formula is C15H22BrNO2. The zero-order chi connectivity index (χ0) is 14.0. The van der Waals surface area contributed by atoms with Crippen LogP contribution in [0.25, 0.3) is 0 Å². The first-order valence-corrected chi connectivity index (χ1v) is 7.69. The molecule has 0 spiro atoms. The molecule has 1 saturated heterocycles. The van der Waals surface area contributed by atoms with E-state index in [1.54, 1.807) is 6.92 Å². The van der Waals surface area contributed by atoms with Crippen molar-refractivity contribution in [3.8, 4) is 0 Å². The summed E-state index contributed by atoms with van der Waals surface area (Å²) < 4.78 is 0.956. The number of rotatable bonds is 3. The van der Waals surface area contributed by atoms with Crippen molar-refractivity contribution in [3.05, 3.63) is 28.2 Å². The van der Waals surface area contributed by atoms with Gasteiger partial charge in [-0.3, -0.25) is 0 Å². The average molecular weight is 328 g/mol. The second kappa shape index (κ2) is 6.25. The second-order valence-electron chi connectivity index (χ2n) is 5.45. The zero-order valence-electron chi connectivity index (χ0n) is 11.5. The molecule has 1 aliphatic rings. The molecule has 106 valence electrons. The van der Waals surface area contributed by atoms with Crippen LogP contribution >= 0.6 is 15.9 Å². The van der Waals surface area contributed by atoms with Crippen molar-refractivity contribution in [2.24, 2.45) is 5.92 Å². The Morgan fingerprint density at radius 3 is 2.32 bits per heavy atom. The standard InChI is InChI=1S/C15H22BrNO2/c1-10(18)12-5-7-17(8-6-12)13-3-4-14(11(2)19)15(16)9-13/h3-4,9-12,18-19H,5-8H2,1-2H3/t10?,11-/m0/s1. The summed E-state index contributed by atoms with van der Waals surface area (Å²) in [5.74, 6) is 0.427. The smallest absolute Gasteiger partial charge is 0.0772 e. The molecule has 2 N–H and O–H groups in total. The average Bonchev–Trinajstić information content (AvgIpc) is 2.38. The number of aliphatic hydroxyl groups excluding tert-OH is 2. The molecule has 2 rings (SSSR count). The van der Waals surface area contributed by atoms with Crippen LogP contribution in [-0.2, 0) is 0 Å². The fourth-order valence-corrected chi connectivity index (χ4v) is 3.39. The first-order valence-electron chi connectivity index (χ1n) is 6.89. The van der Waals surface area contributed by atoms with E-state index in [1.807, 2.05) is 13.0 Å². The third-order valence-corrected chi connectivity index (χ3v) is 4.71. The number of piperidine rings is 1. The topological polar surface area (TPSA) is 43.7 Å². The van der Waals surface area contributed by atoms with Gasteiger partial charge in [-0.2, -0.15) is 0 Å². The molecule has 0 aromatic heterocycles. The summed E-state index contributed by atoms with van der Waals surface area (Å²) in [5.41, 5.74) is 2.10. The maximum Gasteiger partial charge on any atom is 0.0772 e. The lowest BCUT2D eigenvalue weighted by atomic mass is 9.92. The highest BCUT2D eigenvalue weighted by Gasteiger charge is 2.23. The molecule has 0 aliphatic carbocycles. The van der Waals surface area contributed by atoms with E-state index in [2.05, 4.69) is 33.0 Å². The lowest BCUT2D eigenvalue weighted by Gasteiger charge is -2.35. The van der Waals surface area contributed by atoms with Crippen LogP contribution in [0.2, 0.25) is 0 Å². The van der Waals surface area contributed by atoms with Crippen LogP contribution in [0.4, 0.5) is 5.69 Å². The molecule has 2 atom stereocenters. The van der Waals surface area contributed by atoms with Crippen LogP contribution < -0.4 is 4.90 Å². The predicted octanol–water partition coefficient (Wildman–Crippen LogP) is 3.10. The minimum atomic E-state index is -0.454. The number of halogens is 1. The summed E-state index contributed by atoms with van der Waals surface area (Å²) in [5, 5.41) is 19.3. The van der Waals surface area contributed by atoms with Crippen molar-refractivity contribution < 1.29 is 10.2 Å². The normalized spacial score (nSPS) is 20.4. The number of hydrogen-bond acceptors (Lipinski definition) is 3. The first kappa shape index (κ1) is 14.8. The van der Waals surface area contributed by atoms with E-state index >= 15 is 0 Å². The number of hydrogen-bond donors (Lipinski definition) is 2. The summed E-state index contributed by atoms with van der Waals surface area (Å²) in [6, 6.07) is 6.12. The van der Waals surface area contributed by atoms with Crippen molar-refractivity contribution in [1.82, 2.24) is 0 Å². The molecule has 19 heavy (non-hydrogen) atoms. The third-order valence-electron chi connectivity index (χ3n) is 4.02. The quantitative estimate of drug-likeness (QED) is 0.896. The van der Waals surface area contributed by atoms with Crippen LogP contribution in [0.3, 0.4) is 0 Å². The second-order valence-corrected chi connectivity index (χ2v) is 6.30. The maximum absolute atomic E-state index is 9.63. The molecule has 1 aliphatic heterocycles. The van der Waals surface area contributed by atoms with E-state index in [9.17, 15) is 10.2 Å². The molecule has 4 heteroatoms. The molecule has 3 nitrogen and oxygen atoms in total. The van der Waals surface area contributed by atoms with E-state index in [0.29, 0.717) is 5.92 Å². The van der Waals surface area contributed by atoms with Gasteiger partial charge in [0.15, 0.2) is 0 Å². The molecular weight excluding hydrogens is 306 g/mol. The number of anilines is 1. The van der Waals surface area contributed by atoms with Crippen LogP contribution in [0.15, 0.2) is 22.7 Å². The van der Waals surface area contributed by atoms with Crippen molar-refractivity contribution in [2.45, 2.75) is 38.9 Å². The van der Waals surface area contributed by atoms with Crippen LogP contribution in [0.5, 0.6) is 0 Å². The third kappa shape index (κ3) is 3.50. The Kier molecular flexibility index (Phi) is 4.87. The number of benzene rings is 1. The minimum Gasteiger partial charge on any atom is -0.393 e. The highest BCUT2D eigenvalue weighted by molar-refractivity contribution is 9.10. The van der Waals surface area contributed by atoms with E-state index < -0.39 is 6.10 Å². The lowest BCUT2D eigenvalue weighted by molar-refractivity contribution is 0.110. The van der Waals surface area contributed by atoms with Crippen molar-refractivity contribution in [1.29, 1.82) is 0 Å². The highest BCUT2D eigenvalue weighted by Crippen LogP contribution is 2.31. The minimum absolute atomic E-state index is 0.202. The molecule has 1 unspecified atom stereocenters. The van der Waals surface area contributed by atoms with E-state index in [0.717, 1.165) is 36.0 Å². The van der Waals surface area contributed by atoms with Crippen LogP contribution in [0.1, 0.15) is 38.4 Å². The van der Waals surface area contributed by atoms with Crippen molar-refractivity contribution >= 4 is 21.6 Å². The number of nitrogens with zero attached hydrogens (tertiary/aromatic N) is 1. The van der Waals surface area contributed by atoms with Gasteiger partial charge in [-0.05, 0) is 50.3 Å². The highest BCUT2D eigenvalue weighted by atomic mass is 79.9. The van der Waals surface area contributed by atoms with Gasteiger partial charge in [-0.25, -0.2) is 0 Å². The zero-order valence-corrected chi connectivity index (χ0v) is 13.1. The van der Waals surface area contributed by atoms with Gasteiger partial charge >= 0.3 is 0 Å². The largest absolute Gasteiger partial charge is 0.393 e. The SMILES string of the molecule is CC(O)C1CCN(c2ccc([C@H](C)O)c(Br)c2)CC1. The van der Waals surface area contributed by atoms with Gasteiger partial charge in [0.25, 0.3) is 0 Å². The monoisotopic (exact) mass is 327 g/mol. The fourth-order valence-electron chi connectivity index (χ4n) is 2.69. The molecule has 1 fully saturated rings. The van der Waals surface area contributed by atoms with Crippen molar-refractivity contribution in [2.75, 3.05) is 18.0 Å². The lowest BCUT2D eigenvalue weighted by Crippen LogP contribution is -2.37. The van der Waals surface area contributed by atoms with E-state index in [1.165, 1.54) is 5.69 Å². The molecule has 0 saturated carbocycles. The summed E-state index contributed by atoms with van der Waals surface area (Å²) in [6.07, 6.45) is 1.41. The Bertz CT molecular complexity index is 426. The predicted molar refractivity (Wildman–Crippen MR) is 81.4 cm³/mol. The molecule has 1 aromatic rings. The molecule has 1 aromatic carbocycles. The molecule has 0 bridgehead atoms. The summed E-state index contributed by atoms with van der Waals surface area (Å²) >= 11 is 3.52. The summed E-state index contributed by atoms with van der Waals surface area (Å²) in [7, 11) is 0. The van der Waals surface area contributed by atoms with Crippen LogP contribution in [0, 0.1) is 5.92 Å². The summed E-state index contributed by atoms with van der Waals surface area (Å²) in [6.45, 7) is 5.62. The fraction of sp³-hybridized carbons (Fsp3) is 0.600. The van der Waals surface area contributed by atoms with Crippen molar-refractivity contribution in [3.63, 3.8) is 0 Å². The van der Waals surface area contributed by atoms with Gasteiger partial charge in [0, 0.05) is 23.2 Å².